The molecular weight excluding hydrogens is 284 g/mol. The van der Waals surface area contributed by atoms with Crippen molar-refractivity contribution in [2.24, 2.45) is 0 Å². The molecule has 2 N–H and O–H groups in total. The van der Waals surface area contributed by atoms with E-state index in [9.17, 15) is 10.2 Å². The number of aliphatic hydroxyl groups excluding tert-OH is 1. The number of hydrogen-bond donors (Lipinski definition) is 2. The lowest BCUT2D eigenvalue weighted by Crippen LogP contribution is -2.31. The van der Waals surface area contributed by atoms with Gasteiger partial charge in [0, 0.05) is 10.0 Å². The molecule has 0 fully saturated rings. The molecule has 1 rings (SSSR count). The molecule has 0 radical (unpaired) electrons. The van der Waals surface area contributed by atoms with E-state index in [2.05, 4.69) is 15.9 Å². The van der Waals surface area contributed by atoms with Crippen LogP contribution in [0.15, 0.2) is 22.7 Å². The van der Waals surface area contributed by atoms with Gasteiger partial charge in [-0.15, -0.1) is 0 Å². The summed E-state index contributed by atoms with van der Waals surface area (Å²) in [5.41, 5.74) is -0.127. The molecule has 3 nitrogen and oxygen atoms in total. The number of aliphatic hydroxyl groups is 2. The molecule has 0 bridgehead atoms. The summed E-state index contributed by atoms with van der Waals surface area (Å²) in [6, 6.07) is 5.46. The first-order chi connectivity index (χ1) is 7.85. The van der Waals surface area contributed by atoms with E-state index in [1.54, 1.807) is 19.9 Å². The van der Waals surface area contributed by atoms with E-state index in [4.69, 9.17) is 4.74 Å². The highest BCUT2D eigenvalue weighted by Gasteiger charge is 2.20. The average molecular weight is 303 g/mol. The van der Waals surface area contributed by atoms with Crippen molar-refractivity contribution in [1.82, 2.24) is 0 Å². The van der Waals surface area contributed by atoms with E-state index in [1.807, 2.05) is 19.1 Å². The molecule has 0 aliphatic rings. The molecular formula is C13H19BrO3. The molecule has 0 saturated heterocycles. The summed E-state index contributed by atoms with van der Waals surface area (Å²) in [5.74, 6) is 0.600. The Balaban J connectivity index is 2.85. The van der Waals surface area contributed by atoms with Crippen molar-refractivity contribution in [3.8, 4) is 5.75 Å². The Labute approximate surface area is 111 Å². The van der Waals surface area contributed by atoms with Gasteiger partial charge in [-0.1, -0.05) is 28.9 Å². The van der Waals surface area contributed by atoms with Crippen molar-refractivity contribution in [3.63, 3.8) is 0 Å². The topological polar surface area (TPSA) is 49.7 Å². The summed E-state index contributed by atoms with van der Waals surface area (Å²) in [4.78, 5) is 0. The predicted octanol–water partition coefficient (Wildman–Crippen LogP) is 3.04. The van der Waals surface area contributed by atoms with Crippen LogP contribution in [-0.4, -0.2) is 22.4 Å². The first-order valence-corrected chi connectivity index (χ1v) is 6.47. The summed E-state index contributed by atoms with van der Waals surface area (Å²) in [5, 5.41) is 19.5. The van der Waals surface area contributed by atoms with Gasteiger partial charge in [0.15, 0.2) is 0 Å². The normalized spacial score (nSPS) is 16.4. The van der Waals surface area contributed by atoms with Crippen LogP contribution in [0.25, 0.3) is 0 Å². The summed E-state index contributed by atoms with van der Waals surface area (Å²) in [6.07, 6.45) is 0.0232. The van der Waals surface area contributed by atoms with Gasteiger partial charge in [-0.25, -0.2) is 0 Å². The van der Waals surface area contributed by atoms with Gasteiger partial charge in [0.2, 0.25) is 0 Å². The molecule has 0 aromatic heterocycles. The minimum atomic E-state index is -0.849. The maximum absolute atomic E-state index is 9.88. The van der Waals surface area contributed by atoms with Gasteiger partial charge in [-0.2, -0.15) is 0 Å². The van der Waals surface area contributed by atoms with E-state index in [1.165, 1.54) is 0 Å². The van der Waals surface area contributed by atoms with Crippen LogP contribution in [0.3, 0.4) is 0 Å². The Morgan fingerprint density at radius 2 is 2.12 bits per heavy atom. The maximum Gasteiger partial charge on any atom is 0.126 e. The van der Waals surface area contributed by atoms with Crippen LogP contribution >= 0.6 is 15.9 Å². The molecule has 0 aliphatic heterocycles. The van der Waals surface area contributed by atoms with Gasteiger partial charge in [-0.05, 0) is 32.4 Å². The van der Waals surface area contributed by atoms with Crippen LogP contribution in [0.1, 0.15) is 38.9 Å². The standard InChI is InChI=1S/C13H19BrO3/c1-4-13(3,16)8-17-12-7-10(14)5-6-11(12)9(2)15/h5-7,9,15-16H,4,8H2,1-3H3. The minimum absolute atomic E-state index is 0.208. The number of ether oxygens (including phenoxy) is 1. The Morgan fingerprint density at radius 3 is 2.65 bits per heavy atom. The highest BCUT2D eigenvalue weighted by molar-refractivity contribution is 9.10. The van der Waals surface area contributed by atoms with E-state index < -0.39 is 11.7 Å². The molecule has 4 heteroatoms. The third-order valence-corrected chi connectivity index (χ3v) is 3.22. The van der Waals surface area contributed by atoms with E-state index in [-0.39, 0.29) is 6.61 Å². The van der Waals surface area contributed by atoms with Crippen LogP contribution in [0.4, 0.5) is 0 Å². The van der Waals surface area contributed by atoms with Crippen molar-refractivity contribution in [2.45, 2.75) is 38.9 Å². The SMILES string of the molecule is CCC(C)(O)COc1cc(Br)ccc1C(C)O. The molecule has 1 aromatic rings. The Bertz CT molecular complexity index is 375. The van der Waals surface area contributed by atoms with Gasteiger partial charge in [0.25, 0.3) is 0 Å². The zero-order valence-electron chi connectivity index (χ0n) is 10.4. The molecule has 0 saturated carbocycles. The highest BCUT2D eigenvalue weighted by atomic mass is 79.9. The largest absolute Gasteiger partial charge is 0.490 e. The second kappa shape index (κ2) is 5.85. The fraction of sp³-hybridized carbons (Fsp3) is 0.538. The molecule has 0 amide bonds. The lowest BCUT2D eigenvalue weighted by atomic mass is 10.1. The summed E-state index contributed by atoms with van der Waals surface area (Å²) in [6.45, 7) is 5.53. The number of rotatable bonds is 5. The van der Waals surface area contributed by atoms with Crippen LogP contribution in [0, 0.1) is 0 Å². The molecule has 2 unspecified atom stereocenters. The van der Waals surface area contributed by atoms with E-state index >= 15 is 0 Å². The summed E-state index contributed by atoms with van der Waals surface area (Å²) < 4.78 is 6.48. The number of halogens is 1. The fourth-order valence-electron chi connectivity index (χ4n) is 1.31. The predicted molar refractivity (Wildman–Crippen MR) is 71.2 cm³/mol. The van der Waals surface area contributed by atoms with Gasteiger partial charge < -0.3 is 14.9 Å². The summed E-state index contributed by atoms with van der Waals surface area (Å²) >= 11 is 3.36. The van der Waals surface area contributed by atoms with E-state index in [0.717, 1.165) is 10.0 Å². The Hall–Kier alpha value is -0.580. The first-order valence-electron chi connectivity index (χ1n) is 5.68. The van der Waals surface area contributed by atoms with Crippen molar-refractivity contribution in [2.75, 3.05) is 6.61 Å². The molecule has 0 heterocycles. The van der Waals surface area contributed by atoms with Gasteiger partial charge >= 0.3 is 0 Å². The molecule has 0 aliphatic carbocycles. The lowest BCUT2D eigenvalue weighted by molar-refractivity contribution is 0.00744. The minimum Gasteiger partial charge on any atom is -0.490 e. The van der Waals surface area contributed by atoms with Crippen LogP contribution < -0.4 is 4.74 Å². The Kier molecular flexibility index (Phi) is 4.98. The van der Waals surface area contributed by atoms with Crippen molar-refractivity contribution in [3.05, 3.63) is 28.2 Å². The fourth-order valence-corrected chi connectivity index (χ4v) is 1.65. The third-order valence-electron chi connectivity index (χ3n) is 2.73. The van der Waals surface area contributed by atoms with Crippen molar-refractivity contribution >= 4 is 15.9 Å². The third kappa shape index (κ3) is 4.30. The van der Waals surface area contributed by atoms with Crippen LogP contribution in [-0.2, 0) is 0 Å². The smallest absolute Gasteiger partial charge is 0.126 e. The van der Waals surface area contributed by atoms with Crippen molar-refractivity contribution < 1.29 is 14.9 Å². The van der Waals surface area contributed by atoms with Crippen molar-refractivity contribution in [1.29, 1.82) is 0 Å². The quantitative estimate of drug-likeness (QED) is 0.879. The molecule has 17 heavy (non-hydrogen) atoms. The second-order valence-electron chi connectivity index (χ2n) is 4.50. The van der Waals surface area contributed by atoms with Crippen LogP contribution in [0.5, 0.6) is 5.75 Å². The van der Waals surface area contributed by atoms with Gasteiger partial charge in [0.05, 0.1) is 11.7 Å². The number of benzene rings is 1. The molecule has 1 aromatic carbocycles. The molecule has 2 atom stereocenters. The van der Waals surface area contributed by atoms with E-state index in [0.29, 0.717) is 12.2 Å². The highest BCUT2D eigenvalue weighted by Crippen LogP contribution is 2.29. The van der Waals surface area contributed by atoms with Gasteiger partial charge in [-0.3, -0.25) is 0 Å². The molecule has 96 valence electrons. The summed E-state index contributed by atoms with van der Waals surface area (Å²) in [7, 11) is 0. The zero-order chi connectivity index (χ0) is 13.1. The maximum atomic E-state index is 9.88. The zero-order valence-corrected chi connectivity index (χ0v) is 12.0. The van der Waals surface area contributed by atoms with Crippen LogP contribution in [0.2, 0.25) is 0 Å². The average Bonchev–Trinajstić information content (AvgIpc) is 2.26. The first kappa shape index (κ1) is 14.5. The monoisotopic (exact) mass is 302 g/mol. The number of hydrogen-bond acceptors (Lipinski definition) is 3. The van der Waals surface area contributed by atoms with Gasteiger partial charge in [0.1, 0.15) is 12.4 Å². The second-order valence-corrected chi connectivity index (χ2v) is 5.41. The Morgan fingerprint density at radius 1 is 1.47 bits per heavy atom. The lowest BCUT2D eigenvalue weighted by Gasteiger charge is -2.23. The molecule has 0 spiro atoms.